The fourth-order valence-corrected chi connectivity index (χ4v) is 3.46. The minimum Gasteiger partial charge on any atom is -0.355 e. The Morgan fingerprint density at radius 1 is 1.47 bits per heavy atom. The van der Waals surface area contributed by atoms with E-state index in [1.807, 2.05) is 6.07 Å². The average Bonchev–Trinajstić information content (AvgIpc) is 3.03. The summed E-state index contributed by atoms with van der Waals surface area (Å²) in [5.74, 6) is 1.01. The Kier molecular flexibility index (Phi) is 3.48. The molecule has 1 heterocycles. The van der Waals surface area contributed by atoms with E-state index < -0.39 is 0 Å². The number of likely N-dealkylation sites (N-methyl/N-ethyl adjacent to an activating group) is 1. The molecule has 19 heavy (non-hydrogen) atoms. The first-order chi connectivity index (χ1) is 9.11. The summed E-state index contributed by atoms with van der Waals surface area (Å²) >= 11 is 9.84. The molecule has 2 aliphatic rings. The van der Waals surface area contributed by atoms with E-state index in [1.165, 1.54) is 18.4 Å². The molecular weight excluding hydrogens is 326 g/mol. The van der Waals surface area contributed by atoms with Crippen molar-refractivity contribution in [2.45, 2.75) is 18.3 Å². The Balaban J connectivity index is 1.73. The number of rotatable bonds is 3. The van der Waals surface area contributed by atoms with Gasteiger partial charge in [-0.2, -0.15) is 0 Å². The minimum atomic E-state index is 0.198. The summed E-state index contributed by atoms with van der Waals surface area (Å²) in [6.07, 6.45) is 2.39. The van der Waals surface area contributed by atoms with Gasteiger partial charge in [0.25, 0.3) is 0 Å². The second kappa shape index (κ2) is 4.98. The van der Waals surface area contributed by atoms with Crippen molar-refractivity contribution in [2.75, 3.05) is 26.7 Å². The first kappa shape index (κ1) is 13.3. The Morgan fingerprint density at radius 3 is 2.84 bits per heavy atom. The van der Waals surface area contributed by atoms with Crippen LogP contribution in [-0.4, -0.2) is 37.5 Å². The molecule has 1 aromatic carbocycles. The number of nitrogens with zero attached hydrogens (tertiary/aromatic N) is 2. The van der Waals surface area contributed by atoms with Gasteiger partial charge in [0.05, 0.1) is 6.54 Å². The fraction of sp³-hybridized carbons (Fsp3) is 0.500. The van der Waals surface area contributed by atoms with Gasteiger partial charge < -0.3 is 10.2 Å². The topological polar surface area (TPSA) is 27.6 Å². The number of guanidine groups is 1. The maximum atomic E-state index is 6.38. The van der Waals surface area contributed by atoms with Crippen LogP contribution < -0.4 is 5.32 Å². The minimum absolute atomic E-state index is 0.198. The lowest BCUT2D eigenvalue weighted by Crippen LogP contribution is -2.39. The number of hydrogen-bond acceptors (Lipinski definition) is 3. The molecule has 0 amide bonds. The molecule has 0 bridgehead atoms. The lowest BCUT2D eigenvalue weighted by molar-refractivity contribution is 0.523. The largest absolute Gasteiger partial charge is 0.355 e. The molecule has 3 nitrogen and oxygen atoms in total. The Bertz CT molecular complexity index is 525. The van der Waals surface area contributed by atoms with Crippen molar-refractivity contribution in [3.8, 4) is 0 Å². The zero-order chi connectivity index (χ0) is 13.5. The van der Waals surface area contributed by atoms with E-state index in [4.69, 9.17) is 11.6 Å². The van der Waals surface area contributed by atoms with Gasteiger partial charge in [0.1, 0.15) is 0 Å². The number of nitrogens with one attached hydrogen (secondary N) is 1. The third kappa shape index (κ3) is 2.61. The number of halogens is 2. The molecule has 0 spiro atoms. The molecule has 0 radical (unpaired) electrons. The summed E-state index contributed by atoms with van der Waals surface area (Å²) < 4.78 is 1.03. The van der Waals surface area contributed by atoms with E-state index in [9.17, 15) is 0 Å². The highest BCUT2D eigenvalue weighted by Gasteiger charge is 2.45. The van der Waals surface area contributed by atoms with Crippen molar-refractivity contribution in [1.29, 1.82) is 0 Å². The van der Waals surface area contributed by atoms with Crippen LogP contribution in [0.25, 0.3) is 0 Å². The van der Waals surface area contributed by atoms with E-state index in [0.717, 1.165) is 35.1 Å². The van der Waals surface area contributed by atoms with Gasteiger partial charge in [-0.1, -0.05) is 33.6 Å². The molecule has 1 aliphatic carbocycles. The Morgan fingerprint density at radius 2 is 2.26 bits per heavy atom. The van der Waals surface area contributed by atoms with Gasteiger partial charge in [-0.15, -0.1) is 0 Å². The molecule has 1 aliphatic heterocycles. The van der Waals surface area contributed by atoms with Crippen LogP contribution in [0.2, 0.25) is 5.02 Å². The summed E-state index contributed by atoms with van der Waals surface area (Å²) in [5, 5.41) is 4.34. The first-order valence-electron chi connectivity index (χ1n) is 6.56. The van der Waals surface area contributed by atoms with Crippen molar-refractivity contribution in [3.63, 3.8) is 0 Å². The number of aliphatic imine (C=N–C) groups is 1. The summed E-state index contributed by atoms with van der Waals surface area (Å²) in [4.78, 5) is 6.63. The van der Waals surface area contributed by atoms with Crippen LogP contribution in [0.1, 0.15) is 18.4 Å². The Labute approximate surface area is 127 Å². The zero-order valence-electron chi connectivity index (χ0n) is 10.9. The first-order valence-corrected chi connectivity index (χ1v) is 7.73. The predicted octanol–water partition coefficient (Wildman–Crippen LogP) is 3.03. The molecule has 1 saturated carbocycles. The molecule has 1 aromatic rings. The average molecular weight is 343 g/mol. The quantitative estimate of drug-likeness (QED) is 0.914. The van der Waals surface area contributed by atoms with Gasteiger partial charge in [0.2, 0.25) is 0 Å². The van der Waals surface area contributed by atoms with Gasteiger partial charge in [0.15, 0.2) is 5.96 Å². The highest BCUT2D eigenvalue weighted by molar-refractivity contribution is 9.10. The SMILES string of the molecule is CN1CCN=C1NCC1(c2ccc(Br)cc2Cl)CC1. The second-order valence-corrected chi connectivity index (χ2v) is 6.71. The maximum absolute atomic E-state index is 6.38. The zero-order valence-corrected chi connectivity index (χ0v) is 13.3. The maximum Gasteiger partial charge on any atom is 0.193 e. The van der Waals surface area contributed by atoms with Gasteiger partial charge >= 0.3 is 0 Å². The number of benzene rings is 1. The van der Waals surface area contributed by atoms with E-state index in [2.05, 4.69) is 50.3 Å². The van der Waals surface area contributed by atoms with Gasteiger partial charge in [-0.25, -0.2) is 0 Å². The molecule has 0 saturated heterocycles. The van der Waals surface area contributed by atoms with Crippen LogP contribution in [-0.2, 0) is 5.41 Å². The molecule has 1 fully saturated rings. The lowest BCUT2D eigenvalue weighted by atomic mass is 9.96. The monoisotopic (exact) mass is 341 g/mol. The van der Waals surface area contributed by atoms with Gasteiger partial charge in [0, 0.05) is 35.0 Å². The highest BCUT2D eigenvalue weighted by Crippen LogP contribution is 2.50. The summed E-state index contributed by atoms with van der Waals surface area (Å²) in [5.41, 5.74) is 1.45. The Hall–Kier alpha value is -0.740. The standard InChI is InChI=1S/C14H17BrClN3/c1-19-7-6-17-13(19)18-9-14(4-5-14)11-3-2-10(15)8-12(11)16/h2-3,8H,4-7,9H2,1H3,(H,17,18). The third-order valence-corrected chi connectivity index (χ3v) is 4.81. The molecular formula is C14H17BrClN3. The predicted molar refractivity (Wildman–Crippen MR) is 83.0 cm³/mol. The van der Waals surface area contributed by atoms with Crippen LogP contribution in [0.5, 0.6) is 0 Å². The van der Waals surface area contributed by atoms with Crippen LogP contribution in [0.4, 0.5) is 0 Å². The van der Waals surface area contributed by atoms with E-state index in [-0.39, 0.29) is 5.41 Å². The smallest absolute Gasteiger partial charge is 0.193 e. The molecule has 1 N–H and O–H groups in total. The molecule has 3 rings (SSSR count). The molecule has 0 aromatic heterocycles. The van der Waals surface area contributed by atoms with Gasteiger partial charge in [-0.05, 0) is 30.5 Å². The summed E-state index contributed by atoms with van der Waals surface area (Å²) in [7, 11) is 2.07. The van der Waals surface area contributed by atoms with Crippen molar-refractivity contribution >= 4 is 33.5 Å². The summed E-state index contributed by atoms with van der Waals surface area (Å²) in [6.45, 7) is 2.82. The van der Waals surface area contributed by atoms with Crippen molar-refractivity contribution in [1.82, 2.24) is 10.2 Å². The van der Waals surface area contributed by atoms with Crippen molar-refractivity contribution in [3.05, 3.63) is 33.3 Å². The van der Waals surface area contributed by atoms with Crippen molar-refractivity contribution < 1.29 is 0 Å². The van der Waals surface area contributed by atoms with E-state index in [1.54, 1.807) is 0 Å². The van der Waals surface area contributed by atoms with E-state index >= 15 is 0 Å². The van der Waals surface area contributed by atoms with Crippen LogP contribution >= 0.6 is 27.5 Å². The molecule has 0 atom stereocenters. The van der Waals surface area contributed by atoms with Crippen LogP contribution in [0.15, 0.2) is 27.7 Å². The number of hydrogen-bond donors (Lipinski definition) is 1. The molecule has 0 unspecified atom stereocenters. The summed E-state index contributed by atoms with van der Waals surface area (Å²) in [6, 6.07) is 6.19. The fourth-order valence-electron chi connectivity index (χ4n) is 2.58. The molecule has 5 heteroatoms. The van der Waals surface area contributed by atoms with Crippen LogP contribution in [0.3, 0.4) is 0 Å². The second-order valence-electron chi connectivity index (χ2n) is 5.38. The lowest BCUT2D eigenvalue weighted by Gasteiger charge is -2.21. The van der Waals surface area contributed by atoms with E-state index in [0.29, 0.717) is 0 Å². The van der Waals surface area contributed by atoms with Gasteiger partial charge in [-0.3, -0.25) is 4.99 Å². The molecule has 102 valence electrons. The normalized spacial score (nSPS) is 20.4. The highest BCUT2D eigenvalue weighted by atomic mass is 79.9. The third-order valence-electron chi connectivity index (χ3n) is 4.00. The van der Waals surface area contributed by atoms with Crippen LogP contribution in [0, 0.1) is 0 Å². The van der Waals surface area contributed by atoms with Crippen molar-refractivity contribution in [2.24, 2.45) is 4.99 Å².